The molecule has 1 N–H and O–H groups in total. The predicted octanol–water partition coefficient (Wildman–Crippen LogP) is 5.04. The van der Waals surface area contributed by atoms with Crippen LogP contribution in [-0.4, -0.2) is 55.3 Å². The minimum atomic E-state index is -3.26. The second-order valence-corrected chi connectivity index (χ2v) is 11.9. The summed E-state index contributed by atoms with van der Waals surface area (Å²) in [7, 11) is -1.09. The standard InChI is InChI=1S/C27H29N3O3S/c1-30-14-11-18(12-15-30)17-33-24-10-9-22(25-23-6-3-13-28-27(23)29-26(24)25)19-4-2-5-21(16-19)34(31,32)20-7-8-20/h2-6,9-10,13,16,18,20H,7-8,11-12,14-15,17H2,1H3,(H,28,29). The van der Waals surface area contributed by atoms with Gasteiger partial charge in [0.25, 0.3) is 0 Å². The first kappa shape index (κ1) is 21.6. The maximum absolute atomic E-state index is 12.9. The first-order valence-corrected chi connectivity index (χ1v) is 13.6. The predicted molar refractivity (Wildman–Crippen MR) is 135 cm³/mol. The number of H-pyrrole nitrogens is 1. The van der Waals surface area contributed by atoms with Crippen molar-refractivity contribution in [2.75, 3.05) is 26.7 Å². The molecule has 2 aromatic carbocycles. The van der Waals surface area contributed by atoms with Crippen LogP contribution in [0.4, 0.5) is 0 Å². The number of aromatic nitrogens is 2. The van der Waals surface area contributed by atoms with Gasteiger partial charge < -0.3 is 14.6 Å². The molecule has 2 aromatic heterocycles. The Labute approximate surface area is 199 Å². The third-order valence-corrected chi connectivity index (χ3v) is 9.50. The lowest BCUT2D eigenvalue weighted by Gasteiger charge is -2.28. The fraction of sp³-hybridized carbons (Fsp3) is 0.370. The quantitative estimate of drug-likeness (QED) is 0.423. The van der Waals surface area contributed by atoms with Gasteiger partial charge in [0, 0.05) is 17.0 Å². The van der Waals surface area contributed by atoms with E-state index in [-0.39, 0.29) is 5.25 Å². The van der Waals surface area contributed by atoms with Crippen LogP contribution in [0.25, 0.3) is 33.1 Å². The summed E-state index contributed by atoms with van der Waals surface area (Å²) in [6, 6.07) is 15.4. The Morgan fingerprint density at radius 2 is 1.88 bits per heavy atom. The first-order chi connectivity index (χ1) is 16.5. The highest BCUT2D eigenvalue weighted by Crippen LogP contribution is 2.40. The summed E-state index contributed by atoms with van der Waals surface area (Å²) < 4.78 is 32.1. The van der Waals surface area contributed by atoms with Gasteiger partial charge in [0.05, 0.1) is 22.3 Å². The summed E-state index contributed by atoms with van der Waals surface area (Å²) in [5.74, 6) is 1.37. The average molecular weight is 476 g/mol. The molecule has 0 atom stereocenters. The fourth-order valence-corrected chi connectivity index (χ4v) is 6.72. The molecule has 4 aromatic rings. The zero-order valence-corrected chi connectivity index (χ0v) is 20.1. The van der Waals surface area contributed by atoms with Crippen LogP contribution >= 0.6 is 0 Å². The molecule has 176 valence electrons. The van der Waals surface area contributed by atoms with Gasteiger partial charge in [-0.15, -0.1) is 0 Å². The van der Waals surface area contributed by atoms with Gasteiger partial charge in [-0.25, -0.2) is 13.4 Å². The summed E-state index contributed by atoms with van der Waals surface area (Å²) >= 11 is 0. The number of sulfone groups is 1. The summed E-state index contributed by atoms with van der Waals surface area (Å²) in [6.45, 7) is 2.91. The van der Waals surface area contributed by atoms with Gasteiger partial charge in [-0.2, -0.15) is 0 Å². The van der Waals surface area contributed by atoms with Crippen molar-refractivity contribution in [3.63, 3.8) is 0 Å². The largest absolute Gasteiger partial charge is 0.491 e. The van der Waals surface area contributed by atoms with Gasteiger partial charge in [0.2, 0.25) is 0 Å². The molecule has 6 rings (SSSR count). The van der Waals surface area contributed by atoms with Crippen molar-refractivity contribution in [1.29, 1.82) is 0 Å². The third kappa shape index (κ3) is 3.87. The van der Waals surface area contributed by atoms with Crippen LogP contribution in [0.3, 0.4) is 0 Å². The number of fused-ring (bicyclic) bond motifs is 3. The molecule has 7 heteroatoms. The maximum atomic E-state index is 12.9. The van der Waals surface area contributed by atoms with E-state index in [1.54, 1.807) is 12.3 Å². The molecule has 2 aliphatic rings. The average Bonchev–Trinajstić information content (AvgIpc) is 3.65. The smallest absolute Gasteiger partial charge is 0.181 e. The van der Waals surface area contributed by atoms with Gasteiger partial charge in [0.1, 0.15) is 11.4 Å². The number of piperidine rings is 1. The molecule has 2 fully saturated rings. The topological polar surface area (TPSA) is 75.3 Å². The van der Waals surface area contributed by atoms with Crippen LogP contribution < -0.4 is 4.74 Å². The van der Waals surface area contributed by atoms with Crippen molar-refractivity contribution in [3.05, 3.63) is 54.7 Å². The number of likely N-dealkylation sites (tertiary alicyclic amines) is 1. The van der Waals surface area contributed by atoms with E-state index in [1.165, 1.54) is 0 Å². The Bertz CT molecular complexity index is 1470. The van der Waals surface area contributed by atoms with Crippen molar-refractivity contribution in [2.45, 2.75) is 35.8 Å². The van der Waals surface area contributed by atoms with Crippen LogP contribution in [0.1, 0.15) is 25.7 Å². The van der Waals surface area contributed by atoms with Gasteiger partial charge >= 0.3 is 0 Å². The van der Waals surface area contributed by atoms with Crippen molar-refractivity contribution >= 4 is 31.8 Å². The van der Waals surface area contributed by atoms with Crippen LogP contribution in [0.5, 0.6) is 5.75 Å². The van der Waals surface area contributed by atoms with E-state index in [0.29, 0.717) is 17.4 Å². The number of ether oxygens (including phenoxy) is 1. The normalized spacial score (nSPS) is 18.0. The van der Waals surface area contributed by atoms with Gasteiger partial charge in [-0.3, -0.25) is 0 Å². The number of benzene rings is 2. The van der Waals surface area contributed by atoms with E-state index in [4.69, 9.17) is 4.74 Å². The van der Waals surface area contributed by atoms with E-state index >= 15 is 0 Å². The Morgan fingerprint density at radius 3 is 2.68 bits per heavy atom. The summed E-state index contributed by atoms with van der Waals surface area (Å²) in [6.07, 6.45) is 5.59. The number of aromatic amines is 1. The second kappa shape index (κ2) is 8.40. The molecule has 1 aliphatic carbocycles. The Hall–Kier alpha value is -2.90. The number of nitrogens with zero attached hydrogens (tertiary/aromatic N) is 2. The lowest BCUT2D eigenvalue weighted by atomic mass is 9.98. The Kier molecular flexibility index (Phi) is 5.34. The zero-order chi connectivity index (χ0) is 23.3. The van der Waals surface area contributed by atoms with E-state index in [1.807, 2.05) is 30.3 Å². The minimum absolute atomic E-state index is 0.226. The van der Waals surface area contributed by atoms with Crippen molar-refractivity contribution < 1.29 is 13.2 Å². The van der Waals surface area contributed by atoms with Crippen LogP contribution in [0.15, 0.2) is 59.6 Å². The van der Waals surface area contributed by atoms with Crippen molar-refractivity contribution in [3.8, 4) is 16.9 Å². The van der Waals surface area contributed by atoms with E-state index in [9.17, 15) is 8.42 Å². The van der Waals surface area contributed by atoms with Gasteiger partial charge in [-0.05, 0) is 99.3 Å². The molecule has 0 bridgehead atoms. The van der Waals surface area contributed by atoms with E-state index in [0.717, 1.165) is 77.6 Å². The van der Waals surface area contributed by atoms with Crippen molar-refractivity contribution in [1.82, 2.24) is 14.9 Å². The van der Waals surface area contributed by atoms with Gasteiger partial charge in [0.15, 0.2) is 9.84 Å². The molecule has 1 saturated heterocycles. The molecule has 3 heterocycles. The highest BCUT2D eigenvalue weighted by atomic mass is 32.2. The van der Waals surface area contributed by atoms with Crippen LogP contribution in [0.2, 0.25) is 0 Å². The molecule has 0 spiro atoms. The van der Waals surface area contributed by atoms with E-state index in [2.05, 4.69) is 34.0 Å². The molecular weight excluding hydrogens is 446 g/mol. The lowest BCUT2D eigenvalue weighted by molar-refractivity contribution is 0.161. The van der Waals surface area contributed by atoms with Crippen LogP contribution in [0, 0.1) is 5.92 Å². The first-order valence-electron chi connectivity index (χ1n) is 12.1. The van der Waals surface area contributed by atoms with Gasteiger partial charge in [-0.1, -0.05) is 12.1 Å². The maximum Gasteiger partial charge on any atom is 0.181 e. The number of rotatable bonds is 6. The molecule has 34 heavy (non-hydrogen) atoms. The summed E-state index contributed by atoms with van der Waals surface area (Å²) in [5.41, 5.74) is 3.58. The molecule has 0 amide bonds. The Morgan fingerprint density at radius 1 is 1.06 bits per heavy atom. The highest BCUT2D eigenvalue weighted by molar-refractivity contribution is 7.92. The number of hydrogen-bond acceptors (Lipinski definition) is 5. The molecule has 1 saturated carbocycles. The number of hydrogen-bond donors (Lipinski definition) is 1. The lowest BCUT2D eigenvalue weighted by Crippen LogP contribution is -2.32. The molecule has 0 unspecified atom stereocenters. The van der Waals surface area contributed by atoms with Crippen molar-refractivity contribution in [2.24, 2.45) is 5.92 Å². The van der Waals surface area contributed by atoms with E-state index < -0.39 is 9.84 Å². The number of nitrogens with one attached hydrogen (secondary N) is 1. The Balaban J connectivity index is 1.42. The molecule has 1 aliphatic heterocycles. The fourth-order valence-electron chi connectivity index (χ4n) is 5.02. The minimum Gasteiger partial charge on any atom is -0.491 e. The summed E-state index contributed by atoms with van der Waals surface area (Å²) in [4.78, 5) is 10.8. The monoisotopic (exact) mass is 475 g/mol. The molecule has 6 nitrogen and oxygen atoms in total. The van der Waals surface area contributed by atoms with Crippen LogP contribution in [-0.2, 0) is 9.84 Å². The third-order valence-electron chi connectivity index (χ3n) is 7.24. The number of pyridine rings is 1. The SMILES string of the molecule is CN1CCC(COc2ccc(-c3cccc(S(=O)(=O)C4CC4)c3)c3c2[nH]c2ncccc23)CC1. The second-order valence-electron chi connectivity index (χ2n) is 9.72. The molecule has 0 radical (unpaired) electrons. The zero-order valence-electron chi connectivity index (χ0n) is 19.3. The highest BCUT2D eigenvalue weighted by Gasteiger charge is 2.37. The molecular formula is C27H29N3O3S. The summed E-state index contributed by atoms with van der Waals surface area (Å²) in [5, 5.41) is 1.80.